The molecule has 1 heterocycles. The molecule has 6 heteroatoms. The molecule has 1 aliphatic rings. The molecule has 142 valence electrons. The number of halogens is 1. The Bertz CT molecular complexity index is 799. The summed E-state index contributed by atoms with van der Waals surface area (Å²) >= 11 is 0. The highest BCUT2D eigenvalue weighted by Crippen LogP contribution is 2.24. The lowest BCUT2D eigenvalue weighted by molar-refractivity contribution is -0.125. The zero-order valence-corrected chi connectivity index (χ0v) is 15.3. The first-order valence-electron chi connectivity index (χ1n) is 9.05. The molecular weight excluding hydrogens is 347 g/mol. The number of amides is 2. The Morgan fingerprint density at radius 1 is 1.11 bits per heavy atom. The van der Waals surface area contributed by atoms with E-state index in [0.717, 1.165) is 5.56 Å². The summed E-state index contributed by atoms with van der Waals surface area (Å²) in [6.07, 6.45) is 1.31. The number of piperidine rings is 1. The van der Waals surface area contributed by atoms with Crippen LogP contribution in [-0.2, 0) is 11.4 Å². The number of para-hydroxylation sites is 1. The zero-order valence-electron chi connectivity index (χ0n) is 15.3. The molecule has 0 radical (unpaired) electrons. The molecule has 0 spiro atoms. The Balaban J connectivity index is 1.65. The smallest absolute Gasteiger partial charge is 0.257 e. The number of rotatable bonds is 5. The SMILES string of the molecule is CNC(=O)C1CCN(C(=O)c2ccccc2OCc2ccc(F)cc2)CC1. The molecule has 1 saturated heterocycles. The Labute approximate surface area is 158 Å². The number of ether oxygens (including phenoxy) is 1. The maximum Gasteiger partial charge on any atom is 0.257 e. The van der Waals surface area contributed by atoms with Gasteiger partial charge in [-0.3, -0.25) is 9.59 Å². The molecule has 2 aromatic rings. The third-order valence-corrected chi connectivity index (χ3v) is 4.82. The van der Waals surface area contributed by atoms with Crippen LogP contribution in [-0.4, -0.2) is 36.9 Å². The van der Waals surface area contributed by atoms with E-state index in [1.807, 2.05) is 6.07 Å². The van der Waals surface area contributed by atoms with Crippen molar-refractivity contribution in [3.63, 3.8) is 0 Å². The van der Waals surface area contributed by atoms with Crippen LogP contribution in [0.3, 0.4) is 0 Å². The van der Waals surface area contributed by atoms with Gasteiger partial charge in [0.05, 0.1) is 5.56 Å². The molecule has 0 aromatic heterocycles. The van der Waals surface area contributed by atoms with Crippen molar-refractivity contribution >= 4 is 11.8 Å². The number of benzene rings is 2. The molecule has 0 unspecified atom stereocenters. The van der Waals surface area contributed by atoms with Crippen LogP contribution in [0.2, 0.25) is 0 Å². The van der Waals surface area contributed by atoms with Gasteiger partial charge in [0.15, 0.2) is 0 Å². The first kappa shape index (κ1) is 18.9. The van der Waals surface area contributed by atoms with Gasteiger partial charge in [-0.05, 0) is 42.7 Å². The third-order valence-electron chi connectivity index (χ3n) is 4.82. The number of carbonyl (C=O) groups excluding carboxylic acids is 2. The van der Waals surface area contributed by atoms with Gasteiger partial charge in [-0.15, -0.1) is 0 Å². The summed E-state index contributed by atoms with van der Waals surface area (Å²) in [5, 5.41) is 2.67. The summed E-state index contributed by atoms with van der Waals surface area (Å²) in [5.74, 6) is 0.101. The summed E-state index contributed by atoms with van der Waals surface area (Å²) in [4.78, 5) is 26.4. The molecule has 27 heavy (non-hydrogen) atoms. The van der Waals surface area contributed by atoms with Crippen LogP contribution in [0.4, 0.5) is 4.39 Å². The first-order valence-corrected chi connectivity index (χ1v) is 9.05. The molecule has 3 rings (SSSR count). The van der Waals surface area contributed by atoms with Crippen molar-refractivity contribution < 1.29 is 18.7 Å². The quantitative estimate of drug-likeness (QED) is 0.880. The minimum absolute atomic E-state index is 0.0325. The average molecular weight is 370 g/mol. The van der Waals surface area contributed by atoms with Crippen LogP contribution < -0.4 is 10.1 Å². The Hall–Kier alpha value is -2.89. The molecular formula is C21H23FN2O3. The molecule has 5 nitrogen and oxygen atoms in total. The van der Waals surface area contributed by atoms with E-state index in [4.69, 9.17) is 4.74 Å². The summed E-state index contributed by atoms with van der Waals surface area (Å²) in [5.41, 5.74) is 1.32. The van der Waals surface area contributed by atoms with Crippen molar-refractivity contribution in [1.29, 1.82) is 0 Å². The highest BCUT2D eigenvalue weighted by Gasteiger charge is 2.28. The second kappa shape index (κ2) is 8.66. The van der Waals surface area contributed by atoms with Crippen LogP contribution in [0.5, 0.6) is 5.75 Å². The van der Waals surface area contributed by atoms with Crippen LogP contribution in [0.15, 0.2) is 48.5 Å². The number of nitrogens with zero attached hydrogens (tertiary/aromatic N) is 1. The van der Waals surface area contributed by atoms with E-state index in [-0.39, 0.29) is 30.2 Å². The van der Waals surface area contributed by atoms with E-state index in [2.05, 4.69) is 5.32 Å². The zero-order chi connectivity index (χ0) is 19.2. The van der Waals surface area contributed by atoms with Crippen LogP contribution in [0, 0.1) is 11.7 Å². The second-order valence-corrected chi connectivity index (χ2v) is 6.59. The number of nitrogens with one attached hydrogen (secondary N) is 1. The summed E-state index contributed by atoms with van der Waals surface area (Å²) in [7, 11) is 1.63. The summed E-state index contributed by atoms with van der Waals surface area (Å²) in [6.45, 7) is 1.34. The number of likely N-dealkylation sites (tertiary alicyclic amines) is 1. The van der Waals surface area contributed by atoms with Gasteiger partial charge in [-0.25, -0.2) is 4.39 Å². The topological polar surface area (TPSA) is 58.6 Å². The van der Waals surface area contributed by atoms with Gasteiger partial charge in [-0.2, -0.15) is 0 Å². The molecule has 0 atom stereocenters. The molecule has 1 aliphatic heterocycles. The van der Waals surface area contributed by atoms with E-state index in [9.17, 15) is 14.0 Å². The fraction of sp³-hybridized carbons (Fsp3) is 0.333. The minimum atomic E-state index is -0.297. The van der Waals surface area contributed by atoms with Crippen molar-refractivity contribution in [3.05, 3.63) is 65.5 Å². The van der Waals surface area contributed by atoms with Gasteiger partial charge in [0.25, 0.3) is 5.91 Å². The van der Waals surface area contributed by atoms with Gasteiger partial charge in [0.2, 0.25) is 5.91 Å². The lowest BCUT2D eigenvalue weighted by atomic mass is 9.95. The lowest BCUT2D eigenvalue weighted by Gasteiger charge is -2.31. The second-order valence-electron chi connectivity index (χ2n) is 6.59. The Morgan fingerprint density at radius 2 is 1.78 bits per heavy atom. The van der Waals surface area contributed by atoms with Crippen molar-refractivity contribution in [1.82, 2.24) is 10.2 Å². The van der Waals surface area contributed by atoms with Crippen molar-refractivity contribution in [2.45, 2.75) is 19.4 Å². The van der Waals surface area contributed by atoms with Crippen molar-refractivity contribution in [2.24, 2.45) is 5.92 Å². The largest absolute Gasteiger partial charge is 0.488 e. The molecule has 2 aromatic carbocycles. The van der Waals surface area contributed by atoms with Gasteiger partial charge in [0.1, 0.15) is 18.2 Å². The molecule has 0 aliphatic carbocycles. The van der Waals surface area contributed by atoms with Crippen LogP contribution in [0.25, 0.3) is 0 Å². The van der Waals surface area contributed by atoms with Crippen molar-refractivity contribution in [2.75, 3.05) is 20.1 Å². The lowest BCUT2D eigenvalue weighted by Crippen LogP contribution is -2.42. The molecule has 1 fully saturated rings. The van der Waals surface area contributed by atoms with Gasteiger partial charge < -0.3 is 15.0 Å². The number of carbonyl (C=O) groups is 2. The van der Waals surface area contributed by atoms with Crippen LogP contribution in [0.1, 0.15) is 28.8 Å². The molecule has 0 saturated carbocycles. The average Bonchev–Trinajstić information content (AvgIpc) is 2.72. The summed E-state index contributed by atoms with van der Waals surface area (Å²) in [6, 6.07) is 13.2. The fourth-order valence-corrected chi connectivity index (χ4v) is 3.23. The Morgan fingerprint density at radius 3 is 2.44 bits per heavy atom. The molecule has 2 amide bonds. The highest BCUT2D eigenvalue weighted by molar-refractivity contribution is 5.97. The predicted octanol–water partition coefficient (Wildman–Crippen LogP) is 3.00. The van der Waals surface area contributed by atoms with E-state index in [0.29, 0.717) is 37.2 Å². The van der Waals surface area contributed by atoms with Crippen LogP contribution >= 0.6 is 0 Å². The van der Waals surface area contributed by atoms with Gasteiger partial charge >= 0.3 is 0 Å². The summed E-state index contributed by atoms with van der Waals surface area (Å²) < 4.78 is 18.8. The van der Waals surface area contributed by atoms with E-state index in [1.165, 1.54) is 12.1 Å². The fourth-order valence-electron chi connectivity index (χ4n) is 3.23. The van der Waals surface area contributed by atoms with Gasteiger partial charge in [-0.1, -0.05) is 24.3 Å². The molecule has 0 bridgehead atoms. The monoisotopic (exact) mass is 370 g/mol. The standard InChI is InChI=1S/C21H23FN2O3/c1-23-20(25)16-10-12-24(13-11-16)21(26)18-4-2-3-5-19(18)27-14-15-6-8-17(22)9-7-15/h2-9,16H,10-14H2,1H3,(H,23,25). The normalized spacial score (nSPS) is 14.7. The van der Waals surface area contributed by atoms with E-state index < -0.39 is 0 Å². The maximum atomic E-state index is 13.0. The van der Waals surface area contributed by atoms with Crippen molar-refractivity contribution in [3.8, 4) is 5.75 Å². The third kappa shape index (κ3) is 4.64. The Kier molecular flexibility index (Phi) is 6.06. The maximum absolute atomic E-state index is 13.0. The highest BCUT2D eigenvalue weighted by atomic mass is 19.1. The number of hydrogen-bond acceptors (Lipinski definition) is 3. The predicted molar refractivity (Wildman–Crippen MR) is 99.9 cm³/mol. The van der Waals surface area contributed by atoms with E-state index >= 15 is 0 Å². The minimum Gasteiger partial charge on any atom is -0.488 e. The molecule has 1 N–H and O–H groups in total. The number of hydrogen-bond donors (Lipinski definition) is 1. The van der Waals surface area contributed by atoms with Gasteiger partial charge in [0, 0.05) is 26.1 Å². The van der Waals surface area contributed by atoms with E-state index in [1.54, 1.807) is 42.3 Å². The first-order chi connectivity index (χ1) is 13.1.